The summed E-state index contributed by atoms with van der Waals surface area (Å²) in [5.41, 5.74) is 2.35. The Hall–Kier alpha value is -4.05. The number of fused-ring (bicyclic) bond motifs is 1. The lowest BCUT2D eigenvalue weighted by Gasteiger charge is -2.42. The number of piperazine rings is 1. The number of hydrogen-bond donors (Lipinski definition) is 2. The van der Waals surface area contributed by atoms with Gasteiger partial charge < -0.3 is 25.2 Å². The van der Waals surface area contributed by atoms with Crippen molar-refractivity contribution in [1.82, 2.24) is 34.7 Å². The molecule has 1 aromatic carbocycles. The summed E-state index contributed by atoms with van der Waals surface area (Å²) in [6, 6.07) is 7.98. The van der Waals surface area contributed by atoms with Crippen LogP contribution in [0.5, 0.6) is 5.88 Å². The fourth-order valence-corrected chi connectivity index (χ4v) is 7.33. The first-order chi connectivity index (χ1) is 22.6. The molecular weight excluding hydrogens is 642 g/mol. The van der Waals surface area contributed by atoms with Crippen molar-refractivity contribution in [2.24, 2.45) is 0 Å². The van der Waals surface area contributed by atoms with Gasteiger partial charge in [0.1, 0.15) is 27.7 Å². The predicted molar refractivity (Wildman–Crippen MR) is 186 cm³/mol. The normalized spacial score (nSPS) is 16.7. The van der Waals surface area contributed by atoms with Crippen molar-refractivity contribution in [2.45, 2.75) is 25.8 Å². The van der Waals surface area contributed by atoms with Crippen molar-refractivity contribution in [3.05, 3.63) is 47.9 Å². The molecule has 0 amide bonds. The highest BCUT2D eigenvalue weighted by Gasteiger charge is 2.28. The quantitative estimate of drug-likeness (QED) is 0.249. The van der Waals surface area contributed by atoms with E-state index in [2.05, 4.69) is 52.3 Å². The van der Waals surface area contributed by atoms with E-state index in [1.54, 1.807) is 32.4 Å². The second kappa shape index (κ2) is 14.0. The van der Waals surface area contributed by atoms with E-state index in [0.29, 0.717) is 40.0 Å². The molecule has 0 bridgehead atoms. The average Bonchev–Trinajstić information content (AvgIpc) is 3.07. The van der Waals surface area contributed by atoms with E-state index in [0.717, 1.165) is 64.2 Å². The molecule has 0 unspecified atom stereocenters. The zero-order valence-corrected chi connectivity index (χ0v) is 28.6. The van der Waals surface area contributed by atoms with Gasteiger partial charge in [0, 0.05) is 64.2 Å². The molecule has 3 aromatic heterocycles. The summed E-state index contributed by atoms with van der Waals surface area (Å²) in [7, 11) is 0.126. The van der Waals surface area contributed by atoms with Gasteiger partial charge in [-0.15, -0.1) is 0 Å². The maximum atomic E-state index is 12.8. The predicted octanol–water partition coefficient (Wildman–Crippen LogP) is 3.97. The highest BCUT2D eigenvalue weighted by atomic mass is 35.5. The maximum Gasteiger partial charge on any atom is 0.239 e. The molecule has 250 valence electrons. The van der Waals surface area contributed by atoms with Crippen LogP contribution in [-0.2, 0) is 10.0 Å². The minimum absolute atomic E-state index is 0.185. The van der Waals surface area contributed by atoms with Gasteiger partial charge in [-0.3, -0.25) is 19.2 Å². The second-order valence-corrected chi connectivity index (χ2v) is 14.1. The summed E-state index contributed by atoms with van der Waals surface area (Å²) in [6.07, 6.45) is 7.91. The van der Waals surface area contributed by atoms with Gasteiger partial charge in [-0.05, 0) is 51.1 Å². The van der Waals surface area contributed by atoms with Crippen LogP contribution in [0.2, 0.25) is 5.02 Å². The largest absolute Gasteiger partial charge is 0.479 e. The summed E-state index contributed by atoms with van der Waals surface area (Å²) in [5.74, 6) is 1.79. The molecule has 5 heterocycles. The van der Waals surface area contributed by atoms with Crippen LogP contribution in [0, 0.1) is 0 Å². The van der Waals surface area contributed by atoms with Crippen LogP contribution in [0.3, 0.4) is 0 Å². The number of likely N-dealkylation sites (N-methyl/N-ethyl adjacent to an activating group) is 1. The van der Waals surface area contributed by atoms with E-state index in [-0.39, 0.29) is 23.3 Å². The van der Waals surface area contributed by atoms with Crippen LogP contribution >= 0.6 is 11.6 Å². The van der Waals surface area contributed by atoms with Crippen LogP contribution < -0.4 is 24.6 Å². The van der Waals surface area contributed by atoms with Gasteiger partial charge in [0.05, 0.1) is 30.8 Å². The van der Waals surface area contributed by atoms with Gasteiger partial charge in [-0.25, -0.2) is 13.4 Å². The van der Waals surface area contributed by atoms with Crippen molar-refractivity contribution in [3.63, 3.8) is 0 Å². The molecule has 16 heteroatoms. The average molecular weight is 682 g/mol. The number of sulfonamides is 1. The molecule has 0 aliphatic carbocycles. The van der Waals surface area contributed by atoms with Crippen molar-refractivity contribution in [1.29, 1.82) is 0 Å². The third kappa shape index (κ3) is 7.27. The number of piperidine rings is 1. The summed E-state index contributed by atoms with van der Waals surface area (Å²) in [6.45, 7) is 8.33. The van der Waals surface area contributed by atoms with E-state index < -0.39 is 10.0 Å². The number of pyridine rings is 1. The highest BCUT2D eigenvalue weighted by molar-refractivity contribution is 7.92. The van der Waals surface area contributed by atoms with Crippen LogP contribution in [0.1, 0.15) is 19.8 Å². The number of rotatable bonds is 10. The molecule has 0 spiro atoms. The van der Waals surface area contributed by atoms with E-state index in [1.165, 1.54) is 16.7 Å². The fraction of sp³-hybridized carbons (Fsp3) is 0.452. The SMILES string of the molecule is CCN(c1c(Nc2nc(Nc3ccc(N4CCC(N5CCN(C)CC5)CC4)nc3OC)ncc2Cl)ccc2nccnc12)S(C)(=O)=O. The van der Waals surface area contributed by atoms with E-state index in [4.69, 9.17) is 21.3 Å². The number of nitrogens with zero attached hydrogens (tertiary/aromatic N) is 9. The van der Waals surface area contributed by atoms with Crippen molar-refractivity contribution in [2.75, 3.05) is 86.1 Å². The molecule has 0 atom stereocenters. The Morgan fingerprint density at radius 1 is 0.957 bits per heavy atom. The van der Waals surface area contributed by atoms with Crippen molar-refractivity contribution < 1.29 is 13.2 Å². The molecule has 6 rings (SSSR count). The van der Waals surface area contributed by atoms with Gasteiger partial charge in [0.2, 0.25) is 21.9 Å². The number of ether oxygens (including phenoxy) is 1. The van der Waals surface area contributed by atoms with E-state index >= 15 is 0 Å². The van der Waals surface area contributed by atoms with Crippen molar-refractivity contribution in [3.8, 4) is 5.88 Å². The van der Waals surface area contributed by atoms with Crippen LogP contribution in [0.25, 0.3) is 11.0 Å². The minimum atomic E-state index is -3.64. The third-order valence-corrected chi connectivity index (χ3v) is 10.2. The van der Waals surface area contributed by atoms with E-state index in [9.17, 15) is 8.42 Å². The molecule has 47 heavy (non-hydrogen) atoms. The van der Waals surface area contributed by atoms with Crippen LogP contribution in [0.4, 0.5) is 34.6 Å². The topological polar surface area (TPSA) is 145 Å². The zero-order valence-electron chi connectivity index (χ0n) is 27.0. The van der Waals surface area contributed by atoms with Crippen molar-refractivity contribution >= 4 is 67.3 Å². The molecule has 2 N–H and O–H groups in total. The lowest BCUT2D eigenvalue weighted by atomic mass is 10.0. The van der Waals surface area contributed by atoms with E-state index in [1.807, 2.05) is 12.1 Å². The Bertz CT molecular complexity index is 1830. The number of halogens is 1. The first kappa shape index (κ1) is 32.9. The van der Waals surface area contributed by atoms with Gasteiger partial charge in [-0.2, -0.15) is 9.97 Å². The fourth-order valence-electron chi connectivity index (χ4n) is 6.20. The Morgan fingerprint density at radius 2 is 1.68 bits per heavy atom. The monoisotopic (exact) mass is 681 g/mol. The highest BCUT2D eigenvalue weighted by Crippen LogP contribution is 2.37. The molecule has 14 nitrogen and oxygen atoms in total. The van der Waals surface area contributed by atoms with Gasteiger partial charge in [0.25, 0.3) is 0 Å². The second-order valence-electron chi connectivity index (χ2n) is 11.7. The number of nitrogens with one attached hydrogen (secondary N) is 2. The van der Waals surface area contributed by atoms with Gasteiger partial charge in [-0.1, -0.05) is 11.6 Å². The smallest absolute Gasteiger partial charge is 0.239 e. The molecule has 2 saturated heterocycles. The number of benzene rings is 1. The lowest BCUT2D eigenvalue weighted by molar-refractivity contribution is 0.0981. The summed E-state index contributed by atoms with van der Waals surface area (Å²) in [5, 5.41) is 6.64. The van der Waals surface area contributed by atoms with Crippen LogP contribution in [-0.4, -0.2) is 115 Å². The molecule has 2 aliphatic heterocycles. The molecule has 2 aliphatic rings. The summed E-state index contributed by atoms with van der Waals surface area (Å²) >= 11 is 6.53. The molecule has 0 radical (unpaired) electrons. The Balaban J connectivity index is 1.20. The molecule has 2 fully saturated rings. The lowest BCUT2D eigenvalue weighted by Crippen LogP contribution is -2.52. The Morgan fingerprint density at radius 3 is 2.38 bits per heavy atom. The number of aromatic nitrogens is 5. The number of anilines is 6. The first-order valence-corrected chi connectivity index (χ1v) is 17.9. The minimum Gasteiger partial charge on any atom is -0.479 e. The molecular formula is C31H40ClN11O3S. The Kier molecular flexibility index (Phi) is 9.77. The molecule has 4 aromatic rings. The zero-order chi connectivity index (χ0) is 33.1. The Labute approximate surface area is 280 Å². The maximum absolute atomic E-state index is 12.8. The standard InChI is InChI=1S/C31H40ClN11O3S/c1-5-43(47(4,44)45)28-24(7-6-23-27(28)34-13-12-33-23)36-29-22(32)20-35-31(39-29)37-25-8-9-26(38-30(25)46-3)42-14-10-21(11-15-42)41-18-16-40(2)17-19-41/h6-9,12-13,20-21H,5,10-11,14-19H2,1-4H3,(H2,35,36,37,39). The number of methoxy groups -OCH3 is 1. The third-order valence-electron chi connectivity index (χ3n) is 8.68. The van der Waals surface area contributed by atoms with Gasteiger partial charge >= 0.3 is 0 Å². The number of hydrogen-bond acceptors (Lipinski definition) is 13. The summed E-state index contributed by atoms with van der Waals surface area (Å²) in [4.78, 5) is 29.9. The summed E-state index contributed by atoms with van der Waals surface area (Å²) < 4.78 is 32.5. The van der Waals surface area contributed by atoms with Gasteiger partial charge in [0.15, 0.2) is 5.82 Å². The molecule has 0 saturated carbocycles. The van der Waals surface area contributed by atoms with Crippen LogP contribution in [0.15, 0.2) is 42.9 Å². The first-order valence-electron chi connectivity index (χ1n) is 15.6.